The van der Waals surface area contributed by atoms with E-state index in [1.54, 1.807) is 6.92 Å². The highest BCUT2D eigenvalue weighted by molar-refractivity contribution is 7.89. The Morgan fingerprint density at radius 3 is 2.65 bits per heavy atom. The normalized spacial score (nSPS) is 11.7. The van der Waals surface area contributed by atoms with E-state index in [4.69, 9.17) is 5.11 Å². The first kappa shape index (κ1) is 14.7. The van der Waals surface area contributed by atoms with Crippen molar-refractivity contribution in [1.82, 2.24) is 14.9 Å². The summed E-state index contributed by atoms with van der Waals surface area (Å²) in [6.45, 7) is 1.49. The van der Waals surface area contributed by atoms with Gasteiger partial charge in [0.25, 0.3) is 0 Å². The summed E-state index contributed by atoms with van der Waals surface area (Å²) in [6, 6.07) is 9.62. The molecular formula is C13H17N3O3S. The monoisotopic (exact) mass is 295 g/mol. The SMILES string of the molecule is Cc1[nH]nc(CO)c1S(=O)(=O)NCCc1ccccc1. The van der Waals surface area contributed by atoms with Crippen molar-refractivity contribution in [3.8, 4) is 0 Å². The number of aliphatic hydroxyl groups is 1. The minimum atomic E-state index is -3.66. The third-order valence-electron chi connectivity index (χ3n) is 2.93. The summed E-state index contributed by atoms with van der Waals surface area (Å²) in [4.78, 5) is 0.0352. The zero-order chi connectivity index (χ0) is 14.6. The molecule has 0 atom stereocenters. The number of rotatable bonds is 6. The highest BCUT2D eigenvalue weighted by Gasteiger charge is 2.23. The summed E-state index contributed by atoms with van der Waals surface area (Å²) in [5.41, 5.74) is 1.61. The van der Waals surface area contributed by atoms with E-state index in [0.717, 1.165) is 5.56 Å². The summed E-state index contributed by atoms with van der Waals surface area (Å²) in [5.74, 6) is 0. The Bertz CT molecular complexity index is 665. The number of sulfonamides is 1. The van der Waals surface area contributed by atoms with E-state index < -0.39 is 16.6 Å². The number of H-pyrrole nitrogens is 1. The van der Waals surface area contributed by atoms with Gasteiger partial charge in [-0.2, -0.15) is 5.10 Å². The molecule has 0 spiro atoms. The van der Waals surface area contributed by atoms with Crippen LogP contribution in [0, 0.1) is 6.92 Å². The molecule has 108 valence electrons. The summed E-state index contributed by atoms with van der Waals surface area (Å²) < 4.78 is 26.9. The molecule has 0 amide bonds. The van der Waals surface area contributed by atoms with Gasteiger partial charge in [-0.25, -0.2) is 13.1 Å². The lowest BCUT2D eigenvalue weighted by Crippen LogP contribution is -2.27. The van der Waals surface area contributed by atoms with Gasteiger partial charge in [0.1, 0.15) is 10.6 Å². The Labute approximate surface area is 117 Å². The Morgan fingerprint density at radius 1 is 1.30 bits per heavy atom. The van der Waals surface area contributed by atoms with E-state index in [-0.39, 0.29) is 10.6 Å². The average molecular weight is 295 g/mol. The molecule has 3 N–H and O–H groups in total. The maximum absolute atomic E-state index is 12.2. The van der Waals surface area contributed by atoms with Crippen molar-refractivity contribution >= 4 is 10.0 Å². The number of nitrogens with zero attached hydrogens (tertiary/aromatic N) is 1. The van der Waals surface area contributed by atoms with Crippen LogP contribution in [0.15, 0.2) is 35.2 Å². The molecule has 0 saturated heterocycles. The van der Waals surface area contributed by atoms with E-state index in [1.165, 1.54) is 0 Å². The predicted octanol–water partition coefficient (Wildman–Crippen LogP) is 0.731. The van der Waals surface area contributed by atoms with Gasteiger partial charge in [0, 0.05) is 6.54 Å². The van der Waals surface area contributed by atoms with Crippen molar-refractivity contribution in [2.24, 2.45) is 0 Å². The summed E-state index contributed by atoms with van der Waals surface area (Å²) in [7, 11) is -3.66. The quantitative estimate of drug-likeness (QED) is 0.732. The summed E-state index contributed by atoms with van der Waals surface area (Å²) in [6.07, 6.45) is 0.603. The average Bonchev–Trinajstić information content (AvgIpc) is 2.81. The third kappa shape index (κ3) is 3.24. The lowest BCUT2D eigenvalue weighted by Gasteiger charge is -2.07. The molecule has 0 fully saturated rings. The molecule has 20 heavy (non-hydrogen) atoms. The summed E-state index contributed by atoms with van der Waals surface area (Å²) in [5, 5.41) is 15.5. The molecule has 0 aliphatic heterocycles. The molecule has 0 aliphatic rings. The number of aliphatic hydroxyl groups excluding tert-OH is 1. The predicted molar refractivity (Wildman–Crippen MR) is 74.6 cm³/mol. The number of aryl methyl sites for hydroxylation is 1. The zero-order valence-corrected chi connectivity index (χ0v) is 11.9. The molecule has 0 bridgehead atoms. The van der Waals surface area contributed by atoms with Crippen molar-refractivity contribution in [3.05, 3.63) is 47.3 Å². The van der Waals surface area contributed by atoms with Crippen LogP contribution in [0.1, 0.15) is 17.0 Å². The van der Waals surface area contributed by atoms with Crippen molar-refractivity contribution in [2.45, 2.75) is 24.8 Å². The van der Waals surface area contributed by atoms with E-state index in [0.29, 0.717) is 18.7 Å². The first-order valence-corrected chi connectivity index (χ1v) is 7.71. The Balaban J connectivity index is 2.06. The van der Waals surface area contributed by atoms with Crippen LogP contribution >= 0.6 is 0 Å². The lowest BCUT2D eigenvalue weighted by atomic mass is 10.2. The first-order chi connectivity index (χ1) is 9.54. The minimum absolute atomic E-state index is 0.0352. The van der Waals surface area contributed by atoms with Crippen molar-refractivity contribution < 1.29 is 13.5 Å². The van der Waals surface area contributed by atoms with Gasteiger partial charge < -0.3 is 5.11 Å². The van der Waals surface area contributed by atoms with E-state index in [2.05, 4.69) is 14.9 Å². The van der Waals surface area contributed by atoms with Gasteiger partial charge in [-0.1, -0.05) is 30.3 Å². The molecule has 0 radical (unpaired) electrons. The van der Waals surface area contributed by atoms with Gasteiger partial charge >= 0.3 is 0 Å². The van der Waals surface area contributed by atoms with Crippen LogP contribution in [0.2, 0.25) is 0 Å². The Hall–Kier alpha value is -1.70. The first-order valence-electron chi connectivity index (χ1n) is 6.23. The number of hydrogen-bond donors (Lipinski definition) is 3. The third-order valence-corrected chi connectivity index (χ3v) is 4.59. The second kappa shape index (κ2) is 6.17. The number of aromatic amines is 1. The Kier molecular flexibility index (Phi) is 4.53. The minimum Gasteiger partial charge on any atom is -0.390 e. The number of aromatic nitrogens is 2. The van der Waals surface area contributed by atoms with Crippen LogP contribution in [0.3, 0.4) is 0 Å². The van der Waals surface area contributed by atoms with E-state index in [9.17, 15) is 8.42 Å². The van der Waals surface area contributed by atoms with Gasteiger partial charge in [0.05, 0.1) is 12.3 Å². The summed E-state index contributed by atoms with van der Waals surface area (Å²) >= 11 is 0. The molecule has 1 aromatic carbocycles. The standard InChI is InChI=1S/C13H17N3O3S/c1-10-13(12(9-17)16-15-10)20(18,19)14-8-7-11-5-3-2-4-6-11/h2-6,14,17H,7-9H2,1H3,(H,15,16). The molecule has 2 aromatic rings. The van der Waals surface area contributed by atoms with E-state index in [1.807, 2.05) is 30.3 Å². The van der Waals surface area contributed by atoms with Gasteiger partial charge in [-0.3, -0.25) is 5.10 Å². The van der Waals surface area contributed by atoms with Crippen LogP contribution in [0.4, 0.5) is 0 Å². The van der Waals surface area contributed by atoms with Crippen LogP contribution < -0.4 is 4.72 Å². The van der Waals surface area contributed by atoms with Crippen molar-refractivity contribution in [3.63, 3.8) is 0 Å². The van der Waals surface area contributed by atoms with E-state index >= 15 is 0 Å². The van der Waals surface area contributed by atoms with Crippen LogP contribution in [-0.2, 0) is 23.1 Å². The van der Waals surface area contributed by atoms with Crippen LogP contribution in [0.25, 0.3) is 0 Å². The van der Waals surface area contributed by atoms with Crippen LogP contribution in [0.5, 0.6) is 0 Å². The van der Waals surface area contributed by atoms with Crippen molar-refractivity contribution in [1.29, 1.82) is 0 Å². The van der Waals surface area contributed by atoms with Gasteiger partial charge in [0.15, 0.2) is 0 Å². The molecule has 2 rings (SSSR count). The molecule has 1 aromatic heterocycles. The number of hydrogen-bond acceptors (Lipinski definition) is 4. The number of benzene rings is 1. The fraction of sp³-hybridized carbons (Fsp3) is 0.308. The fourth-order valence-electron chi connectivity index (χ4n) is 1.98. The smallest absolute Gasteiger partial charge is 0.244 e. The molecule has 1 heterocycles. The zero-order valence-electron chi connectivity index (χ0n) is 11.1. The molecule has 7 heteroatoms. The molecule has 0 saturated carbocycles. The molecular weight excluding hydrogens is 278 g/mol. The maximum atomic E-state index is 12.2. The molecule has 6 nitrogen and oxygen atoms in total. The number of nitrogens with one attached hydrogen (secondary N) is 2. The van der Waals surface area contributed by atoms with Crippen molar-refractivity contribution in [2.75, 3.05) is 6.54 Å². The maximum Gasteiger partial charge on any atom is 0.244 e. The van der Waals surface area contributed by atoms with Gasteiger partial charge in [-0.05, 0) is 18.9 Å². The van der Waals surface area contributed by atoms with Crippen LogP contribution in [-0.4, -0.2) is 30.3 Å². The lowest BCUT2D eigenvalue weighted by molar-refractivity contribution is 0.273. The fourth-order valence-corrected chi connectivity index (χ4v) is 3.36. The largest absolute Gasteiger partial charge is 0.390 e. The van der Waals surface area contributed by atoms with Gasteiger partial charge in [-0.15, -0.1) is 0 Å². The topological polar surface area (TPSA) is 95.1 Å². The second-order valence-corrected chi connectivity index (χ2v) is 6.12. The highest BCUT2D eigenvalue weighted by Crippen LogP contribution is 2.17. The Morgan fingerprint density at radius 2 is 2.00 bits per heavy atom. The molecule has 0 unspecified atom stereocenters. The second-order valence-electron chi connectivity index (χ2n) is 4.42. The molecule has 0 aliphatic carbocycles. The van der Waals surface area contributed by atoms with Gasteiger partial charge in [0.2, 0.25) is 10.0 Å². The highest BCUT2D eigenvalue weighted by atomic mass is 32.2.